The quantitative estimate of drug-likeness (QED) is 0.880. The predicted molar refractivity (Wildman–Crippen MR) is 90.2 cm³/mol. The lowest BCUT2D eigenvalue weighted by Gasteiger charge is -2.16. The van der Waals surface area contributed by atoms with Crippen molar-refractivity contribution in [2.75, 3.05) is 0 Å². The molecule has 2 aromatic rings. The number of rotatable bonds is 6. The molecule has 0 bridgehead atoms. The average molecular weight is 331 g/mol. The van der Waals surface area contributed by atoms with Gasteiger partial charge in [0.15, 0.2) is 5.82 Å². The molecule has 0 radical (unpaired) electrons. The highest BCUT2D eigenvalue weighted by Gasteiger charge is 2.25. The fourth-order valence-corrected chi connectivity index (χ4v) is 1.98. The van der Waals surface area contributed by atoms with Crippen LogP contribution < -0.4 is 5.32 Å². The predicted octanol–water partition coefficient (Wildman–Crippen LogP) is 3.15. The Bertz CT molecular complexity index is 662. The maximum atomic E-state index is 12.2. The lowest BCUT2D eigenvalue weighted by molar-refractivity contribution is -0.133. The summed E-state index contributed by atoms with van der Waals surface area (Å²) >= 11 is 0. The van der Waals surface area contributed by atoms with Crippen molar-refractivity contribution in [3.63, 3.8) is 0 Å². The molecule has 0 saturated heterocycles. The minimum Gasteiger partial charge on any atom is -0.364 e. The molecule has 24 heavy (non-hydrogen) atoms. The highest BCUT2D eigenvalue weighted by Crippen LogP contribution is 2.20. The summed E-state index contributed by atoms with van der Waals surface area (Å²) in [5.74, 6) is 0.796. The Balaban J connectivity index is 1.87. The van der Waals surface area contributed by atoms with Crippen LogP contribution in [0.1, 0.15) is 57.9 Å². The first-order chi connectivity index (χ1) is 11.3. The van der Waals surface area contributed by atoms with E-state index in [1.807, 2.05) is 58.0 Å². The summed E-state index contributed by atoms with van der Waals surface area (Å²) in [6, 6.07) is 9.36. The van der Waals surface area contributed by atoms with Gasteiger partial charge in [-0.25, -0.2) is 0 Å². The van der Waals surface area contributed by atoms with Crippen molar-refractivity contribution in [2.45, 2.75) is 58.8 Å². The summed E-state index contributed by atoms with van der Waals surface area (Å²) < 4.78 is 10.9. The van der Waals surface area contributed by atoms with Gasteiger partial charge in [-0.2, -0.15) is 4.98 Å². The number of hydrogen-bond acceptors (Lipinski definition) is 5. The van der Waals surface area contributed by atoms with Crippen LogP contribution in [0.2, 0.25) is 0 Å². The Hall–Kier alpha value is -2.21. The minimum atomic E-state index is -0.572. The number of amides is 1. The van der Waals surface area contributed by atoms with E-state index in [1.54, 1.807) is 6.92 Å². The first-order valence-corrected chi connectivity index (χ1v) is 8.07. The van der Waals surface area contributed by atoms with Crippen molar-refractivity contribution in [1.29, 1.82) is 0 Å². The second-order valence-electron chi connectivity index (χ2n) is 6.88. The maximum Gasteiger partial charge on any atom is 0.249 e. The van der Waals surface area contributed by atoms with E-state index in [0.717, 1.165) is 5.56 Å². The van der Waals surface area contributed by atoms with Gasteiger partial charge in [0.2, 0.25) is 11.8 Å². The largest absolute Gasteiger partial charge is 0.364 e. The molecule has 0 aliphatic heterocycles. The van der Waals surface area contributed by atoms with Crippen LogP contribution in [0.15, 0.2) is 34.9 Å². The molecule has 0 saturated carbocycles. The van der Waals surface area contributed by atoms with Gasteiger partial charge < -0.3 is 14.6 Å². The summed E-state index contributed by atoms with van der Waals surface area (Å²) in [5, 5.41) is 6.80. The number of carbonyl (C=O) groups excluding carboxylic acids is 1. The average Bonchev–Trinajstić information content (AvgIpc) is 3.04. The molecular weight excluding hydrogens is 306 g/mol. The van der Waals surface area contributed by atoms with Crippen molar-refractivity contribution < 1.29 is 14.1 Å². The monoisotopic (exact) mass is 331 g/mol. The molecule has 2 rings (SSSR count). The molecule has 0 spiro atoms. The molecule has 1 aromatic carbocycles. The first kappa shape index (κ1) is 18.1. The Morgan fingerprint density at radius 1 is 1.25 bits per heavy atom. The third-order valence-corrected chi connectivity index (χ3v) is 3.55. The molecule has 6 nitrogen and oxygen atoms in total. The van der Waals surface area contributed by atoms with Gasteiger partial charge in [0.1, 0.15) is 12.1 Å². The lowest BCUT2D eigenvalue weighted by Crippen LogP contribution is -2.36. The van der Waals surface area contributed by atoms with E-state index >= 15 is 0 Å². The van der Waals surface area contributed by atoms with Crippen LogP contribution in [-0.2, 0) is 21.6 Å². The van der Waals surface area contributed by atoms with Crippen LogP contribution in [0.4, 0.5) is 0 Å². The third kappa shape index (κ3) is 4.89. The number of aromatic nitrogens is 2. The van der Waals surface area contributed by atoms with Crippen molar-refractivity contribution in [3.05, 3.63) is 47.6 Å². The normalized spacial score (nSPS) is 14.2. The standard InChI is InChI=1S/C18H25N3O3/c1-12(16-20-17(21-24-16)18(3,4)5)19-15(22)13(2)23-11-14-9-7-6-8-10-14/h6-10,12-13H,11H2,1-5H3,(H,19,22)/t12-,13-/m0/s1. The molecule has 1 aromatic heterocycles. The van der Waals surface area contributed by atoms with Gasteiger partial charge in [-0.3, -0.25) is 4.79 Å². The maximum absolute atomic E-state index is 12.2. The molecule has 1 amide bonds. The molecular formula is C18H25N3O3. The Labute approximate surface area is 142 Å². The Kier molecular flexibility index (Phi) is 5.72. The van der Waals surface area contributed by atoms with Crippen molar-refractivity contribution in [1.82, 2.24) is 15.5 Å². The SMILES string of the molecule is C[C@H](OCc1ccccc1)C(=O)N[C@@H](C)c1nc(C(C)(C)C)no1. The molecule has 0 aliphatic rings. The van der Waals surface area contributed by atoms with Crippen LogP contribution in [0.25, 0.3) is 0 Å². The molecule has 1 N–H and O–H groups in total. The van der Waals surface area contributed by atoms with E-state index < -0.39 is 6.10 Å². The minimum absolute atomic E-state index is 0.197. The Morgan fingerprint density at radius 3 is 2.50 bits per heavy atom. The van der Waals surface area contributed by atoms with Gasteiger partial charge in [-0.1, -0.05) is 56.3 Å². The topological polar surface area (TPSA) is 77.2 Å². The molecule has 130 valence electrons. The number of ether oxygens (including phenoxy) is 1. The molecule has 0 aliphatic carbocycles. The Morgan fingerprint density at radius 2 is 1.92 bits per heavy atom. The van der Waals surface area contributed by atoms with Gasteiger partial charge >= 0.3 is 0 Å². The van der Waals surface area contributed by atoms with Crippen LogP contribution in [0.3, 0.4) is 0 Å². The van der Waals surface area contributed by atoms with E-state index in [0.29, 0.717) is 18.3 Å². The number of hydrogen-bond donors (Lipinski definition) is 1. The number of carbonyl (C=O) groups is 1. The number of nitrogens with zero attached hydrogens (tertiary/aromatic N) is 2. The highest BCUT2D eigenvalue weighted by atomic mass is 16.5. The third-order valence-electron chi connectivity index (χ3n) is 3.55. The van der Waals surface area contributed by atoms with Crippen LogP contribution in [0, 0.1) is 0 Å². The molecule has 1 heterocycles. The zero-order chi connectivity index (χ0) is 17.7. The summed E-state index contributed by atoms with van der Waals surface area (Å²) in [6.07, 6.45) is -0.572. The van der Waals surface area contributed by atoms with E-state index in [4.69, 9.17) is 9.26 Å². The van der Waals surface area contributed by atoms with E-state index in [9.17, 15) is 4.79 Å². The second kappa shape index (κ2) is 7.57. The zero-order valence-electron chi connectivity index (χ0n) is 14.9. The van der Waals surface area contributed by atoms with Gasteiger partial charge in [0.25, 0.3) is 0 Å². The van der Waals surface area contributed by atoms with Gasteiger partial charge in [-0.05, 0) is 19.4 Å². The summed E-state index contributed by atoms with van der Waals surface area (Å²) in [7, 11) is 0. The van der Waals surface area contributed by atoms with Crippen molar-refractivity contribution in [3.8, 4) is 0 Å². The summed E-state index contributed by atoms with van der Waals surface area (Å²) in [4.78, 5) is 16.6. The summed E-state index contributed by atoms with van der Waals surface area (Å²) in [5.41, 5.74) is 0.828. The van der Waals surface area contributed by atoms with Crippen molar-refractivity contribution >= 4 is 5.91 Å². The molecule has 6 heteroatoms. The van der Waals surface area contributed by atoms with E-state index in [1.165, 1.54) is 0 Å². The van der Waals surface area contributed by atoms with E-state index in [-0.39, 0.29) is 17.4 Å². The zero-order valence-corrected chi connectivity index (χ0v) is 14.9. The summed E-state index contributed by atoms with van der Waals surface area (Å²) in [6.45, 7) is 9.93. The van der Waals surface area contributed by atoms with Crippen LogP contribution in [0.5, 0.6) is 0 Å². The van der Waals surface area contributed by atoms with Gasteiger partial charge in [0, 0.05) is 5.41 Å². The van der Waals surface area contributed by atoms with E-state index in [2.05, 4.69) is 15.5 Å². The number of nitrogens with one attached hydrogen (secondary N) is 1. The van der Waals surface area contributed by atoms with Crippen LogP contribution in [-0.4, -0.2) is 22.2 Å². The lowest BCUT2D eigenvalue weighted by atomic mass is 9.96. The fourth-order valence-electron chi connectivity index (χ4n) is 1.98. The molecule has 0 fully saturated rings. The molecule has 0 unspecified atom stereocenters. The second-order valence-corrected chi connectivity index (χ2v) is 6.88. The van der Waals surface area contributed by atoms with Gasteiger partial charge in [-0.15, -0.1) is 0 Å². The highest BCUT2D eigenvalue weighted by molar-refractivity contribution is 5.80. The molecule has 2 atom stereocenters. The first-order valence-electron chi connectivity index (χ1n) is 8.07. The fraction of sp³-hybridized carbons (Fsp3) is 0.500. The number of benzene rings is 1. The van der Waals surface area contributed by atoms with Crippen LogP contribution >= 0.6 is 0 Å². The van der Waals surface area contributed by atoms with Crippen molar-refractivity contribution in [2.24, 2.45) is 0 Å². The smallest absolute Gasteiger partial charge is 0.249 e. The van der Waals surface area contributed by atoms with Gasteiger partial charge in [0.05, 0.1) is 6.61 Å².